The van der Waals surface area contributed by atoms with Crippen molar-refractivity contribution in [3.63, 3.8) is 0 Å². The number of benzene rings is 7. The molecule has 0 N–H and O–H groups in total. The van der Waals surface area contributed by atoms with E-state index in [0.717, 1.165) is 12.8 Å². The highest BCUT2D eigenvalue weighted by atomic mass is 16.5. The van der Waals surface area contributed by atoms with E-state index in [1.807, 2.05) is 0 Å². The molecule has 56 heavy (non-hydrogen) atoms. The summed E-state index contributed by atoms with van der Waals surface area (Å²) in [5, 5.41) is 0. The summed E-state index contributed by atoms with van der Waals surface area (Å²) < 4.78 is 11.6. The quantitative estimate of drug-likeness (QED) is 0.0731. The van der Waals surface area contributed by atoms with Crippen LogP contribution in [-0.4, -0.2) is 40.9 Å². The van der Waals surface area contributed by atoms with E-state index in [1.165, 1.54) is 66.2 Å². The number of methoxy groups -OCH3 is 2. The van der Waals surface area contributed by atoms with Gasteiger partial charge in [-0.15, -0.1) is 0 Å². The molecule has 7 rings (SSSR count). The lowest BCUT2D eigenvalue weighted by Crippen LogP contribution is -2.44. The van der Waals surface area contributed by atoms with Crippen molar-refractivity contribution in [2.45, 2.75) is 12.8 Å². The van der Waals surface area contributed by atoms with E-state index in [2.05, 4.69) is 206 Å². The van der Waals surface area contributed by atoms with Gasteiger partial charge in [-0.3, -0.25) is 0 Å². The van der Waals surface area contributed by atoms with Crippen LogP contribution in [0.15, 0.2) is 206 Å². The first kappa shape index (κ1) is 38.3. The van der Waals surface area contributed by atoms with E-state index >= 15 is 0 Å². The molecule has 0 atom stereocenters. The number of rotatable bonds is 16. The summed E-state index contributed by atoms with van der Waals surface area (Å²) in [4.78, 5) is 0. The molecule has 0 amide bonds. The molecule has 0 aliphatic rings. The van der Waals surface area contributed by atoms with Crippen molar-refractivity contribution < 1.29 is 9.47 Å². The van der Waals surface area contributed by atoms with Crippen molar-refractivity contribution in [2.75, 3.05) is 27.4 Å². The van der Waals surface area contributed by atoms with Gasteiger partial charge in [0.15, 0.2) is 0 Å². The Morgan fingerprint density at radius 1 is 0.321 bits per heavy atom. The summed E-state index contributed by atoms with van der Waals surface area (Å²) in [5.41, 5.74) is 15.0. The SMILES string of the molecule is COCC/C(=C(\B(c1ccccc1)c1ccccc1)c1ccccc1)c1ccc(/C(CCOC)=C(/B(c2ccccc2)c2ccccc2)c2ccccc2)cc1. The van der Waals surface area contributed by atoms with Crippen LogP contribution in [0.3, 0.4) is 0 Å². The maximum Gasteiger partial charge on any atom is 0.242 e. The molecule has 0 aliphatic carbocycles. The molecule has 274 valence electrons. The number of hydrogen-bond donors (Lipinski definition) is 0. The normalized spacial score (nSPS) is 12.0. The minimum Gasteiger partial charge on any atom is -0.384 e. The Hall–Kier alpha value is -5.93. The zero-order chi connectivity index (χ0) is 38.4. The van der Waals surface area contributed by atoms with Crippen LogP contribution in [0.25, 0.3) is 22.1 Å². The highest BCUT2D eigenvalue weighted by Gasteiger charge is 2.30. The third kappa shape index (κ3) is 9.12. The number of hydrogen-bond acceptors (Lipinski definition) is 2. The van der Waals surface area contributed by atoms with Crippen molar-refractivity contribution in [3.05, 3.63) is 229 Å². The van der Waals surface area contributed by atoms with Crippen LogP contribution in [0.2, 0.25) is 0 Å². The molecule has 0 saturated carbocycles. The Morgan fingerprint density at radius 2 is 0.571 bits per heavy atom. The van der Waals surface area contributed by atoms with Gasteiger partial charge in [-0.2, -0.15) is 0 Å². The maximum absolute atomic E-state index is 5.81. The Balaban J connectivity index is 1.47. The average molecular weight is 727 g/mol. The topological polar surface area (TPSA) is 18.5 Å². The molecule has 0 aliphatic heterocycles. The van der Waals surface area contributed by atoms with Crippen LogP contribution in [0.1, 0.15) is 35.1 Å². The highest BCUT2D eigenvalue weighted by Crippen LogP contribution is 2.35. The van der Waals surface area contributed by atoms with Gasteiger partial charge in [0.2, 0.25) is 13.4 Å². The summed E-state index contributed by atoms with van der Waals surface area (Å²) in [7, 11) is 3.59. The molecule has 0 fully saturated rings. The van der Waals surface area contributed by atoms with Gasteiger partial charge in [-0.1, -0.05) is 239 Å². The second-order valence-corrected chi connectivity index (χ2v) is 14.1. The Bertz CT molecular complexity index is 2050. The molecule has 0 unspecified atom stereocenters. The van der Waals surface area contributed by atoms with E-state index in [9.17, 15) is 0 Å². The summed E-state index contributed by atoms with van der Waals surface area (Å²) in [5.74, 6) is 0. The molecule has 2 nitrogen and oxygen atoms in total. The first-order chi connectivity index (χ1) is 27.8. The molecular weight excluding hydrogens is 678 g/mol. The molecule has 0 saturated heterocycles. The molecule has 0 heterocycles. The van der Waals surface area contributed by atoms with Crippen molar-refractivity contribution in [1.29, 1.82) is 0 Å². The van der Waals surface area contributed by atoms with Crippen molar-refractivity contribution in [2.24, 2.45) is 0 Å². The fraction of sp³-hybridized carbons (Fsp3) is 0.115. The summed E-state index contributed by atoms with van der Waals surface area (Å²) in [6.07, 6.45) is 1.53. The van der Waals surface area contributed by atoms with Crippen LogP contribution in [0.4, 0.5) is 0 Å². The smallest absolute Gasteiger partial charge is 0.242 e. The van der Waals surface area contributed by atoms with E-state index < -0.39 is 0 Å². The molecule has 7 aromatic rings. The van der Waals surface area contributed by atoms with Crippen LogP contribution in [0, 0.1) is 0 Å². The first-order valence-corrected chi connectivity index (χ1v) is 19.6. The zero-order valence-corrected chi connectivity index (χ0v) is 32.4. The van der Waals surface area contributed by atoms with E-state index in [4.69, 9.17) is 9.47 Å². The van der Waals surface area contributed by atoms with Crippen molar-refractivity contribution in [3.8, 4) is 0 Å². The Labute approximate surface area is 334 Å². The van der Waals surface area contributed by atoms with Crippen molar-refractivity contribution in [1.82, 2.24) is 0 Å². The van der Waals surface area contributed by atoms with Crippen molar-refractivity contribution >= 4 is 57.4 Å². The fourth-order valence-electron chi connectivity index (χ4n) is 8.05. The van der Waals surface area contributed by atoms with Gasteiger partial charge in [-0.25, -0.2) is 0 Å². The molecule has 0 aromatic heterocycles. The molecule has 0 radical (unpaired) electrons. The minimum atomic E-state index is 0.0191. The molecular formula is C52H48B2O2. The third-order valence-electron chi connectivity index (χ3n) is 10.6. The second kappa shape index (κ2) is 19.6. The van der Waals surface area contributed by atoms with E-state index in [1.54, 1.807) is 14.2 Å². The van der Waals surface area contributed by atoms with Crippen LogP contribution in [-0.2, 0) is 9.47 Å². The third-order valence-corrected chi connectivity index (χ3v) is 10.6. The van der Waals surface area contributed by atoms with Gasteiger partial charge in [0.05, 0.1) is 13.2 Å². The van der Waals surface area contributed by atoms with Gasteiger partial charge in [-0.05, 0) is 46.2 Å². The predicted octanol–water partition coefficient (Wildman–Crippen LogP) is 9.28. The first-order valence-electron chi connectivity index (χ1n) is 19.6. The standard InChI is InChI=1S/C52H48B2O2/c1-55-39-37-49(51(43-21-9-3-10-22-43)53(45-25-13-5-14-26-45)46-27-15-6-16-28-46)41-33-35-42(36-34-41)50(38-40-56-2)52(44-23-11-4-12-24-44)54(47-29-17-7-18-30-47)48-31-19-8-20-32-48/h3-36H,37-40H2,1-2H3/b51-49+,52-50+. The Morgan fingerprint density at radius 3 is 0.821 bits per heavy atom. The molecule has 0 bridgehead atoms. The lowest BCUT2D eigenvalue weighted by atomic mass is 9.34. The van der Waals surface area contributed by atoms with E-state index in [0.29, 0.717) is 13.2 Å². The largest absolute Gasteiger partial charge is 0.384 e. The monoisotopic (exact) mass is 726 g/mol. The predicted molar refractivity (Wildman–Crippen MR) is 242 cm³/mol. The van der Waals surface area contributed by atoms with Crippen LogP contribution >= 0.6 is 0 Å². The lowest BCUT2D eigenvalue weighted by molar-refractivity contribution is 0.206. The van der Waals surface area contributed by atoms with Crippen LogP contribution < -0.4 is 21.9 Å². The Kier molecular flexibility index (Phi) is 13.4. The summed E-state index contributed by atoms with van der Waals surface area (Å²) >= 11 is 0. The fourth-order valence-corrected chi connectivity index (χ4v) is 8.05. The zero-order valence-electron chi connectivity index (χ0n) is 32.4. The number of ether oxygens (including phenoxy) is 2. The molecule has 7 aromatic carbocycles. The van der Waals surface area contributed by atoms with Crippen LogP contribution in [0.5, 0.6) is 0 Å². The van der Waals surface area contributed by atoms with Gasteiger partial charge in [0.25, 0.3) is 0 Å². The second-order valence-electron chi connectivity index (χ2n) is 14.1. The lowest BCUT2D eigenvalue weighted by Gasteiger charge is -2.25. The van der Waals surface area contributed by atoms with Gasteiger partial charge in [0.1, 0.15) is 0 Å². The highest BCUT2D eigenvalue weighted by molar-refractivity contribution is 7.01. The minimum absolute atomic E-state index is 0.0191. The summed E-state index contributed by atoms with van der Waals surface area (Å²) in [6, 6.07) is 74.7. The summed E-state index contributed by atoms with van der Waals surface area (Å²) in [6.45, 7) is 1.25. The molecule has 4 heteroatoms. The maximum atomic E-state index is 5.81. The average Bonchev–Trinajstić information content (AvgIpc) is 3.28. The van der Waals surface area contributed by atoms with Gasteiger partial charge in [0, 0.05) is 14.2 Å². The molecule has 0 spiro atoms. The van der Waals surface area contributed by atoms with Gasteiger partial charge >= 0.3 is 0 Å². The van der Waals surface area contributed by atoms with E-state index in [-0.39, 0.29) is 13.4 Å². The van der Waals surface area contributed by atoms with Gasteiger partial charge < -0.3 is 9.47 Å².